The summed E-state index contributed by atoms with van der Waals surface area (Å²) in [5, 5.41) is 12.3. The van der Waals surface area contributed by atoms with E-state index in [4.69, 9.17) is 66.3 Å². The number of ether oxygens (including phenoxy) is 7. The van der Waals surface area contributed by atoms with Crippen LogP contribution in [-0.2, 0) is 32.0 Å². The lowest BCUT2D eigenvalue weighted by molar-refractivity contribution is -0.145. The summed E-state index contributed by atoms with van der Waals surface area (Å²) in [6.07, 6.45) is 8.60. The van der Waals surface area contributed by atoms with Crippen LogP contribution in [0, 0.1) is 13.8 Å². The van der Waals surface area contributed by atoms with E-state index in [9.17, 15) is 9.90 Å². The van der Waals surface area contributed by atoms with Crippen LogP contribution >= 0.6 is 34.5 Å². The Kier molecular flexibility index (Phi) is 15.6. The molecule has 4 atom stereocenters. The maximum absolute atomic E-state index is 15.8. The molecule has 6 aliphatic rings. The summed E-state index contributed by atoms with van der Waals surface area (Å²) < 4.78 is 59.1. The van der Waals surface area contributed by atoms with Crippen molar-refractivity contribution in [1.29, 1.82) is 0 Å². The largest absolute Gasteiger partial charge is 0.490 e. The van der Waals surface area contributed by atoms with Gasteiger partial charge in [-0.2, -0.15) is 0 Å². The zero-order chi connectivity index (χ0) is 49.9. The molecule has 2 fully saturated rings. The highest BCUT2D eigenvalue weighted by molar-refractivity contribution is 7.20. The molecule has 4 aliphatic heterocycles. The molecular weight excluding hydrogens is 987 g/mol. The van der Waals surface area contributed by atoms with Crippen LogP contribution in [0.2, 0.25) is 10.0 Å². The summed E-state index contributed by atoms with van der Waals surface area (Å²) in [5.74, 6) is 0.662. The summed E-state index contributed by atoms with van der Waals surface area (Å²) in [4.78, 5) is 38.3. The zero-order valence-corrected chi connectivity index (χ0v) is 43.1. The average molecular weight is 1050 g/mol. The standard InChI is InChI=1S/C53H59Cl2FN6O9S/c1-31-42-32(2)46(55)47(45(31)54)70-38(24-62-18-16-61(3)17-19-62)28-68-37-8-9-40(35(22-37)23-41(52(63)64)71-50-44-43(42)48(33-6-4-5-7-33)72-51(44)59-30-58-50)69-25-36-12-15-57-49(60-36)34-10-13-53(56,14-11-34)29-66-27-39-26-65-20-21-67-39/h6,8-10,12,15,22,30,38-39,41H,4-5,7,11,13-14,16-21,23-29H2,1-3H3,(H,63,64)/t38-,39+,41-,53-/m1/s1. The summed E-state index contributed by atoms with van der Waals surface area (Å²) in [6.45, 7) is 9.89. The lowest BCUT2D eigenvalue weighted by atomic mass is 9.87. The molecule has 2 aliphatic carbocycles. The highest BCUT2D eigenvalue weighted by atomic mass is 35.5. The molecule has 3 aromatic heterocycles. The van der Waals surface area contributed by atoms with Crippen LogP contribution in [-0.4, -0.2) is 144 Å². The first-order chi connectivity index (χ1) is 34.9. The van der Waals surface area contributed by atoms with E-state index in [1.807, 2.05) is 19.9 Å². The second-order valence-corrected chi connectivity index (χ2v) is 21.0. The Labute approximate surface area is 432 Å². The monoisotopic (exact) mass is 1040 g/mol. The number of hydrogen-bond donors (Lipinski definition) is 1. The maximum Gasteiger partial charge on any atom is 0.345 e. The van der Waals surface area contributed by atoms with Gasteiger partial charge in [-0.1, -0.05) is 35.4 Å². The van der Waals surface area contributed by atoms with Gasteiger partial charge in [-0.3, -0.25) is 4.90 Å². The number of aliphatic carboxylic acids is 1. The minimum absolute atomic E-state index is 0.0320. The number of alkyl halides is 1. The zero-order valence-electron chi connectivity index (χ0n) is 40.7. The predicted molar refractivity (Wildman–Crippen MR) is 274 cm³/mol. The van der Waals surface area contributed by atoms with Crippen molar-refractivity contribution in [3.05, 3.63) is 92.1 Å². The Morgan fingerprint density at radius 3 is 2.54 bits per heavy atom. The number of carboxylic acid groups (broad SMARTS) is 1. The summed E-state index contributed by atoms with van der Waals surface area (Å²) in [7, 11) is 2.12. The topological polar surface area (TPSA) is 160 Å². The van der Waals surface area contributed by atoms with Gasteiger partial charge in [0.2, 0.25) is 12.0 Å². The molecular formula is C53H59Cl2FN6O9S. The molecule has 1 N–H and O–H groups in total. The molecule has 19 heteroatoms. The Morgan fingerprint density at radius 2 is 1.81 bits per heavy atom. The van der Waals surface area contributed by atoms with Crippen LogP contribution < -0.4 is 18.9 Å². The molecule has 2 aromatic carbocycles. The van der Waals surface area contributed by atoms with Gasteiger partial charge in [-0.25, -0.2) is 29.1 Å². The first-order valence-corrected chi connectivity index (χ1v) is 26.2. The number of allylic oxidation sites excluding steroid dienone is 4. The van der Waals surface area contributed by atoms with Crippen molar-refractivity contribution in [2.75, 3.05) is 79.4 Å². The minimum Gasteiger partial charge on any atom is -0.490 e. The van der Waals surface area contributed by atoms with Gasteiger partial charge in [0.15, 0.2) is 11.6 Å². The normalized spacial score (nSPS) is 23.2. The van der Waals surface area contributed by atoms with Crippen molar-refractivity contribution < 1.29 is 47.4 Å². The van der Waals surface area contributed by atoms with E-state index in [2.05, 4.69) is 32.9 Å². The molecule has 5 aromatic rings. The number of nitrogens with zero attached hydrogens (tertiary/aromatic N) is 6. The highest BCUT2D eigenvalue weighted by Crippen LogP contribution is 2.53. The lowest BCUT2D eigenvalue weighted by Gasteiger charge is -2.35. The Morgan fingerprint density at radius 1 is 0.972 bits per heavy atom. The molecule has 0 amide bonds. The van der Waals surface area contributed by atoms with Crippen LogP contribution in [0.15, 0.2) is 48.9 Å². The van der Waals surface area contributed by atoms with E-state index in [0.29, 0.717) is 87.4 Å². The fourth-order valence-corrected chi connectivity index (χ4v) is 11.7. The van der Waals surface area contributed by atoms with Crippen LogP contribution in [0.5, 0.6) is 23.1 Å². The fourth-order valence-electron chi connectivity index (χ4n) is 10.0. The molecule has 72 heavy (non-hydrogen) atoms. The maximum atomic E-state index is 15.8. The number of fused-ring (bicyclic) bond motifs is 7. The van der Waals surface area contributed by atoms with Gasteiger partial charge in [0.25, 0.3) is 0 Å². The van der Waals surface area contributed by atoms with Crippen molar-refractivity contribution in [2.24, 2.45) is 0 Å². The third-order valence-corrected chi connectivity index (χ3v) is 16.2. The Hall–Kier alpha value is -4.98. The molecule has 15 nitrogen and oxygen atoms in total. The average Bonchev–Trinajstić information content (AvgIpc) is 4.06. The van der Waals surface area contributed by atoms with Gasteiger partial charge in [0.1, 0.15) is 53.7 Å². The van der Waals surface area contributed by atoms with Gasteiger partial charge in [-0.15, -0.1) is 11.3 Å². The van der Waals surface area contributed by atoms with Crippen LogP contribution in [0.25, 0.3) is 32.5 Å². The summed E-state index contributed by atoms with van der Waals surface area (Å²) >= 11 is 16.3. The molecule has 2 saturated heterocycles. The van der Waals surface area contributed by atoms with Crippen molar-refractivity contribution in [2.45, 2.75) is 89.4 Å². The van der Waals surface area contributed by atoms with Crippen molar-refractivity contribution in [3.63, 3.8) is 0 Å². The van der Waals surface area contributed by atoms with Gasteiger partial charge in [-0.05, 0) is 105 Å². The SMILES string of the molecule is Cc1c(Cl)c2c(Cl)c(C)c1-c1c(C3=CCCC3)sc3ncnc(c13)O[C@@H](C(=O)O)Cc1cc(ccc1OCc1ccnc(C3=CC[C@](F)(COC[C@@H]4COCCO4)CC3)n1)OC[C@@H](CN1CCN(C)CC1)O2. The second kappa shape index (κ2) is 22.2. The lowest BCUT2D eigenvalue weighted by Crippen LogP contribution is -2.49. The van der Waals surface area contributed by atoms with Crippen LogP contribution in [0.4, 0.5) is 4.39 Å². The molecule has 11 rings (SSSR count). The van der Waals surface area contributed by atoms with E-state index >= 15 is 4.39 Å². The number of carbonyl (C=O) groups is 1. The Bertz CT molecular complexity index is 2840. The highest BCUT2D eigenvalue weighted by Gasteiger charge is 2.35. The van der Waals surface area contributed by atoms with E-state index in [1.54, 1.807) is 30.5 Å². The number of rotatable bonds is 12. The van der Waals surface area contributed by atoms with Crippen LogP contribution in [0.3, 0.4) is 0 Å². The second-order valence-electron chi connectivity index (χ2n) is 19.3. The smallest absolute Gasteiger partial charge is 0.345 e. The van der Waals surface area contributed by atoms with Gasteiger partial charge in [0, 0.05) is 67.8 Å². The number of thiophene rings is 1. The first-order valence-electron chi connectivity index (χ1n) is 24.7. The van der Waals surface area contributed by atoms with Crippen LogP contribution in [0.1, 0.15) is 71.6 Å². The third-order valence-electron chi connectivity index (χ3n) is 14.1. The number of carboxylic acids is 1. The van der Waals surface area contributed by atoms with E-state index in [1.165, 1.54) is 23.2 Å². The van der Waals surface area contributed by atoms with E-state index < -0.39 is 23.8 Å². The number of hydrogen-bond acceptors (Lipinski definition) is 15. The fraction of sp³-hybridized carbons (Fsp3) is 0.491. The number of aromatic nitrogens is 4. The summed E-state index contributed by atoms with van der Waals surface area (Å²) in [5.41, 5.74) is 4.69. The molecule has 0 spiro atoms. The van der Waals surface area contributed by atoms with Gasteiger partial charge >= 0.3 is 5.97 Å². The minimum atomic E-state index is -1.51. The first kappa shape index (κ1) is 50.5. The predicted octanol–water partition coefficient (Wildman–Crippen LogP) is 9.39. The molecule has 0 radical (unpaired) electrons. The van der Waals surface area contributed by atoms with Gasteiger partial charge < -0.3 is 43.2 Å². The molecule has 7 heterocycles. The molecule has 382 valence electrons. The number of benzene rings is 2. The van der Waals surface area contributed by atoms with Crippen molar-refractivity contribution >= 4 is 61.9 Å². The van der Waals surface area contributed by atoms with Crippen molar-refractivity contribution in [1.82, 2.24) is 29.7 Å². The summed E-state index contributed by atoms with van der Waals surface area (Å²) in [6, 6.07) is 7.08. The number of halogens is 3. The molecule has 4 bridgehead atoms. The van der Waals surface area contributed by atoms with Gasteiger partial charge in [0.05, 0.1) is 54.2 Å². The van der Waals surface area contributed by atoms with Crippen molar-refractivity contribution in [3.8, 4) is 34.3 Å². The third kappa shape index (κ3) is 11.2. The van der Waals surface area contributed by atoms with E-state index in [0.717, 1.165) is 78.1 Å². The molecule has 0 unspecified atom stereocenters. The Balaban J connectivity index is 0.967. The number of likely N-dealkylation sites (N-methyl/N-ethyl adjacent to an activating group) is 1. The molecule has 0 saturated carbocycles. The number of piperazine rings is 1. The van der Waals surface area contributed by atoms with E-state index in [-0.39, 0.29) is 57.7 Å². The quantitative estimate of drug-likeness (QED) is 0.126.